The summed E-state index contributed by atoms with van der Waals surface area (Å²) in [6.07, 6.45) is 4.61. The van der Waals surface area contributed by atoms with Crippen molar-refractivity contribution in [3.05, 3.63) is 65.5 Å². The van der Waals surface area contributed by atoms with Crippen LogP contribution in [-0.2, 0) is 11.4 Å². The smallest absolute Gasteiger partial charge is 0.145 e. The highest BCUT2D eigenvalue weighted by atomic mass is 16.6. The van der Waals surface area contributed by atoms with Gasteiger partial charge in [-0.25, -0.2) is 0 Å². The van der Waals surface area contributed by atoms with E-state index in [0.717, 1.165) is 30.8 Å². The van der Waals surface area contributed by atoms with Crippen molar-refractivity contribution in [1.82, 2.24) is 10.3 Å². The van der Waals surface area contributed by atoms with Gasteiger partial charge in [-0.15, -0.1) is 0 Å². The molecule has 0 spiro atoms. The third kappa shape index (κ3) is 3.67. The average Bonchev–Trinajstić information content (AvgIpc) is 2.98. The molecule has 0 amide bonds. The van der Waals surface area contributed by atoms with Gasteiger partial charge in [0.25, 0.3) is 0 Å². The first-order valence-electron chi connectivity index (χ1n) is 7.20. The van der Waals surface area contributed by atoms with Gasteiger partial charge < -0.3 is 10.2 Å². The first kappa shape index (κ1) is 13.8. The summed E-state index contributed by atoms with van der Waals surface area (Å²) in [7, 11) is 0. The van der Waals surface area contributed by atoms with E-state index in [4.69, 9.17) is 4.84 Å². The molecule has 1 aliphatic rings. The molecule has 0 radical (unpaired) electrons. The molecule has 0 aliphatic carbocycles. The number of pyridine rings is 1. The maximum atomic E-state index is 5.50. The van der Waals surface area contributed by atoms with E-state index in [1.807, 2.05) is 12.3 Å². The van der Waals surface area contributed by atoms with E-state index in [1.165, 1.54) is 11.1 Å². The molecule has 1 unspecified atom stereocenters. The van der Waals surface area contributed by atoms with E-state index in [0.29, 0.717) is 0 Å². The van der Waals surface area contributed by atoms with Crippen LogP contribution in [0, 0.1) is 6.92 Å². The Hall–Kier alpha value is -2.20. The fourth-order valence-electron chi connectivity index (χ4n) is 2.33. The molecule has 21 heavy (non-hydrogen) atoms. The van der Waals surface area contributed by atoms with E-state index in [9.17, 15) is 0 Å². The van der Waals surface area contributed by atoms with Crippen LogP contribution in [0.15, 0.2) is 53.9 Å². The summed E-state index contributed by atoms with van der Waals surface area (Å²) in [5.41, 5.74) is 4.61. The molecule has 1 N–H and O–H groups in total. The summed E-state index contributed by atoms with van der Waals surface area (Å²) in [5.74, 6) is 0. The molecular weight excluding hydrogens is 262 g/mol. The molecule has 0 saturated carbocycles. The van der Waals surface area contributed by atoms with Crippen LogP contribution in [0.3, 0.4) is 0 Å². The molecule has 4 heteroatoms. The van der Waals surface area contributed by atoms with Crippen LogP contribution in [0.25, 0.3) is 0 Å². The quantitative estimate of drug-likeness (QED) is 0.916. The molecule has 3 rings (SSSR count). The summed E-state index contributed by atoms with van der Waals surface area (Å²) in [4.78, 5) is 9.60. The fraction of sp³-hybridized carbons (Fsp3) is 0.294. The highest BCUT2D eigenvalue weighted by Crippen LogP contribution is 2.16. The topological polar surface area (TPSA) is 46.5 Å². The summed E-state index contributed by atoms with van der Waals surface area (Å²) in [5, 5.41) is 7.59. The van der Waals surface area contributed by atoms with Crippen molar-refractivity contribution < 1.29 is 4.84 Å². The second-order valence-electron chi connectivity index (χ2n) is 5.33. The number of aryl methyl sites for hydroxylation is 1. The Morgan fingerprint density at radius 3 is 2.86 bits per heavy atom. The first-order valence-corrected chi connectivity index (χ1v) is 7.20. The Balaban J connectivity index is 1.47. The molecular formula is C17H19N3O. The number of aromatic nitrogens is 1. The van der Waals surface area contributed by atoms with E-state index >= 15 is 0 Å². The zero-order valence-corrected chi connectivity index (χ0v) is 12.1. The minimum atomic E-state index is 0.109. The van der Waals surface area contributed by atoms with Crippen molar-refractivity contribution >= 4 is 5.71 Å². The van der Waals surface area contributed by atoms with Gasteiger partial charge >= 0.3 is 0 Å². The largest absolute Gasteiger partial charge is 0.390 e. The minimum Gasteiger partial charge on any atom is -0.390 e. The Labute approximate surface area is 124 Å². The standard InChI is InChI=1S/C17H19N3O/c1-13-4-6-15(7-5-13)17-9-16(21-20-17)12-19-11-14-3-2-8-18-10-14/h2-8,10,16,19H,9,11-12H2,1H3. The van der Waals surface area contributed by atoms with Crippen LogP contribution < -0.4 is 5.32 Å². The Morgan fingerprint density at radius 1 is 1.24 bits per heavy atom. The van der Waals surface area contributed by atoms with Crippen LogP contribution in [0.4, 0.5) is 0 Å². The van der Waals surface area contributed by atoms with Gasteiger partial charge in [-0.3, -0.25) is 4.98 Å². The third-order valence-corrected chi connectivity index (χ3v) is 3.54. The molecule has 1 atom stereocenters. The van der Waals surface area contributed by atoms with Gasteiger partial charge in [0.1, 0.15) is 6.10 Å². The molecule has 4 nitrogen and oxygen atoms in total. The summed E-state index contributed by atoms with van der Waals surface area (Å²) in [6.45, 7) is 3.67. The number of hydrogen-bond donors (Lipinski definition) is 1. The normalized spacial score (nSPS) is 17.4. The van der Waals surface area contributed by atoms with Crippen molar-refractivity contribution in [1.29, 1.82) is 0 Å². The van der Waals surface area contributed by atoms with Crippen LogP contribution in [0.1, 0.15) is 23.1 Å². The van der Waals surface area contributed by atoms with Gasteiger partial charge in [-0.05, 0) is 24.1 Å². The lowest BCUT2D eigenvalue weighted by Crippen LogP contribution is -2.26. The molecule has 1 aliphatic heterocycles. The number of oxime groups is 1. The summed E-state index contributed by atoms with van der Waals surface area (Å²) < 4.78 is 0. The molecule has 2 heterocycles. The van der Waals surface area contributed by atoms with Gasteiger partial charge in [-0.2, -0.15) is 0 Å². The number of rotatable bonds is 5. The maximum Gasteiger partial charge on any atom is 0.145 e. The van der Waals surface area contributed by atoms with Crippen molar-refractivity contribution in [3.8, 4) is 0 Å². The Morgan fingerprint density at radius 2 is 2.10 bits per heavy atom. The molecule has 2 aromatic rings. The third-order valence-electron chi connectivity index (χ3n) is 3.54. The fourth-order valence-corrected chi connectivity index (χ4v) is 2.33. The minimum absolute atomic E-state index is 0.109. The van der Waals surface area contributed by atoms with Gasteiger partial charge in [0.15, 0.2) is 0 Å². The number of nitrogens with zero attached hydrogens (tertiary/aromatic N) is 2. The van der Waals surface area contributed by atoms with Crippen LogP contribution in [-0.4, -0.2) is 23.3 Å². The molecule has 1 aromatic carbocycles. The summed E-state index contributed by atoms with van der Waals surface area (Å²) >= 11 is 0. The zero-order valence-electron chi connectivity index (χ0n) is 12.1. The predicted octanol–water partition coefficient (Wildman–Crippen LogP) is 2.67. The van der Waals surface area contributed by atoms with E-state index in [1.54, 1.807) is 6.20 Å². The first-order chi connectivity index (χ1) is 10.3. The second kappa shape index (κ2) is 6.50. The molecule has 0 fully saturated rings. The monoisotopic (exact) mass is 281 g/mol. The second-order valence-corrected chi connectivity index (χ2v) is 5.33. The summed E-state index contributed by atoms with van der Waals surface area (Å²) in [6, 6.07) is 12.4. The van der Waals surface area contributed by atoms with E-state index < -0.39 is 0 Å². The van der Waals surface area contributed by atoms with Crippen LogP contribution in [0.2, 0.25) is 0 Å². The van der Waals surface area contributed by atoms with Gasteiger partial charge in [-0.1, -0.05) is 41.1 Å². The van der Waals surface area contributed by atoms with Crippen LogP contribution >= 0.6 is 0 Å². The molecule has 0 saturated heterocycles. The van der Waals surface area contributed by atoms with Crippen LogP contribution in [0.5, 0.6) is 0 Å². The van der Waals surface area contributed by atoms with Crippen molar-refractivity contribution in [2.75, 3.05) is 6.54 Å². The lowest BCUT2D eigenvalue weighted by Gasteiger charge is -2.09. The Bertz CT molecular complexity index is 608. The SMILES string of the molecule is Cc1ccc(C2=NOC(CNCc3cccnc3)C2)cc1. The van der Waals surface area contributed by atoms with Gasteiger partial charge in [0, 0.05) is 31.9 Å². The molecule has 108 valence electrons. The number of hydrogen-bond acceptors (Lipinski definition) is 4. The zero-order chi connectivity index (χ0) is 14.5. The molecule has 0 bridgehead atoms. The lowest BCUT2D eigenvalue weighted by molar-refractivity contribution is 0.0848. The van der Waals surface area contributed by atoms with Gasteiger partial charge in [0.05, 0.1) is 5.71 Å². The average molecular weight is 281 g/mol. The lowest BCUT2D eigenvalue weighted by atomic mass is 10.0. The maximum absolute atomic E-state index is 5.50. The van der Waals surface area contributed by atoms with Gasteiger partial charge in [0.2, 0.25) is 0 Å². The number of benzene rings is 1. The van der Waals surface area contributed by atoms with Crippen molar-refractivity contribution in [2.45, 2.75) is 26.0 Å². The van der Waals surface area contributed by atoms with Crippen molar-refractivity contribution in [2.24, 2.45) is 5.16 Å². The number of nitrogens with one attached hydrogen (secondary N) is 1. The predicted molar refractivity (Wildman–Crippen MR) is 83.1 cm³/mol. The Kier molecular flexibility index (Phi) is 4.26. The highest BCUT2D eigenvalue weighted by molar-refractivity contribution is 6.01. The van der Waals surface area contributed by atoms with E-state index in [2.05, 4.69) is 52.7 Å². The van der Waals surface area contributed by atoms with E-state index in [-0.39, 0.29) is 6.10 Å². The highest BCUT2D eigenvalue weighted by Gasteiger charge is 2.21. The molecule has 1 aromatic heterocycles. The van der Waals surface area contributed by atoms with Crippen molar-refractivity contribution in [3.63, 3.8) is 0 Å².